The second-order valence-electron chi connectivity index (χ2n) is 3.16. The molecule has 2 saturated heterocycles. The zero-order valence-electron chi connectivity index (χ0n) is 6.06. The minimum Gasteiger partial charge on any atom is -0.314 e. The minimum atomic E-state index is 0.0521. The maximum absolute atomic E-state index is 5.08. The van der Waals surface area contributed by atoms with Gasteiger partial charge < -0.3 is 5.32 Å². The lowest BCUT2D eigenvalue weighted by Crippen LogP contribution is -2.53. The van der Waals surface area contributed by atoms with Gasteiger partial charge in [0, 0.05) is 6.54 Å². The van der Waals surface area contributed by atoms with Gasteiger partial charge in [0.2, 0.25) is 0 Å². The van der Waals surface area contributed by atoms with Crippen LogP contribution in [0.25, 0.3) is 0 Å². The van der Waals surface area contributed by atoms with Crippen molar-refractivity contribution in [1.29, 1.82) is 0 Å². The Kier molecular flexibility index (Phi) is 1.64. The van der Waals surface area contributed by atoms with Gasteiger partial charge in [-0.05, 0) is 25.8 Å². The zero-order chi connectivity index (χ0) is 6.86. The lowest BCUT2D eigenvalue weighted by atomic mass is 9.98. The average molecular weight is 143 g/mol. The van der Waals surface area contributed by atoms with Gasteiger partial charge in [0.05, 0.1) is 0 Å². The number of hydrogen-bond donors (Lipinski definition) is 1. The normalized spacial score (nSPS) is 40.8. The molecule has 58 valence electrons. The maximum Gasteiger partial charge on any atom is 0.142 e. The number of hydrogen-bond acceptors (Lipinski definition) is 3. The fraction of sp³-hybridized carbons (Fsp3) is 1.00. The van der Waals surface area contributed by atoms with Crippen molar-refractivity contribution >= 4 is 0 Å². The van der Waals surface area contributed by atoms with Gasteiger partial charge in [0.15, 0.2) is 0 Å². The summed E-state index contributed by atoms with van der Waals surface area (Å²) in [6.07, 6.45) is 3.68. The predicted molar refractivity (Wildman–Crippen MR) is 36.5 cm³/mol. The molecule has 0 bridgehead atoms. The lowest BCUT2D eigenvalue weighted by molar-refractivity contribution is -0.469. The van der Waals surface area contributed by atoms with Gasteiger partial charge in [0.25, 0.3) is 0 Å². The number of rotatable bonds is 0. The van der Waals surface area contributed by atoms with Crippen molar-refractivity contribution in [1.82, 2.24) is 5.32 Å². The van der Waals surface area contributed by atoms with Gasteiger partial charge >= 0.3 is 0 Å². The summed E-state index contributed by atoms with van der Waals surface area (Å²) in [4.78, 5) is 9.81. The van der Waals surface area contributed by atoms with E-state index in [1.165, 1.54) is 12.8 Å². The highest BCUT2D eigenvalue weighted by molar-refractivity contribution is 4.87. The third-order valence-electron chi connectivity index (χ3n) is 2.24. The molecule has 2 aliphatic heterocycles. The van der Waals surface area contributed by atoms with Crippen LogP contribution < -0.4 is 5.32 Å². The molecule has 3 heteroatoms. The lowest BCUT2D eigenvalue weighted by Gasteiger charge is -2.38. The molecule has 3 nitrogen and oxygen atoms in total. The Labute approximate surface area is 60.6 Å². The van der Waals surface area contributed by atoms with Crippen molar-refractivity contribution in [3.63, 3.8) is 0 Å². The van der Waals surface area contributed by atoms with E-state index < -0.39 is 0 Å². The Balaban J connectivity index is 1.92. The molecule has 1 atom stereocenters. The molecule has 0 aromatic heterocycles. The quantitative estimate of drug-likeness (QED) is 0.500. The van der Waals surface area contributed by atoms with Gasteiger partial charge in [-0.25, -0.2) is 9.78 Å². The molecule has 1 spiro atoms. The second kappa shape index (κ2) is 2.49. The summed E-state index contributed by atoms with van der Waals surface area (Å²) in [7, 11) is 0. The first-order valence-electron chi connectivity index (χ1n) is 3.93. The van der Waals surface area contributed by atoms with E-state index in [-0.39, 0.29) is 5.60 Å². The molecule has 0 aromatic carbocycles. The molecule has 2 rings (SSSR count). The van der Waals surface area contributed by atoms with Crippen molar-refractivity contribution in [3.8, 4) is 0 Å². The van der Waals surface area contributed by atoms with E-state index in [1.54, 1.807) is 0 Å². The smallest absolute Gasteiger partial charge is 0.142 e. The Morgan fingerprint density at radius 2 is 2.20 bits per heavy atom. The Morgan fingerprint density at radius 1 is 1.30 bits per heavy atom. The maximum atomic E-state index is 5.08. The summed E-state index contributed by atoms with van der Waals surface area (Å²) in [6.45, 7) is 2.87. The van der Waals surface area contributed by atoms with Crippen molar-refractivity contribution < 1.29 is 9.78 Å². The first-order valence-corrected chi connectivity index (χ1v) is 3.93. The highest BCUT2D eigenvalue weighted by atomic mass is 17.2. The standard InChI is InChI=1S/C7H13NO2/c1-2-4-8-5-7(3-1)6-9-10-7/h8H,1-6H2. The van der Waals surface area contributed by atoms with Crippen LogP contribution in [0.15, 0.2) is 0 Å². The van der Waals surface area contributed by atoms with Crippen LogP contribution in [0.1, 0.15) is 19.3 Å². The third kappa shape index (κ3) is 1.05. The molecule has 0 amide bonds. The van der Waals surface area contributed by atoms with E-state index in [2.05, 4.69) is 5.32 Å². The SMILES string of the molecule is C1CCC2(CNC1)COO2. The largest absolute Gasteiger partial charge is 0.314 e. The minimum absolute atomic E-state index is 0.0521. The molecule has 2 fully saturated rings. The van der Waals surface area contributed by atoms with Crippen LogP contribution in [0.3, 0.4) is 0 Å². The molecule has 1 N–H and O–H groups in total. The summed E-state index contributed by atoms with van der Waals surface area (Å²) in [5.41, 5.74) is 0.0521. The zero-order valence-corrected chi connectivity index (χ0v) is 6.06. The first-order chi connectivity index (χ1) is 4.91. The van der Waals surface area contributed by atoms with Crippen LogP contribution in [0.2, 0.25) is 0 Å². The van der Waals surface area contributed by atoms with Crippen molar-refractivity contribution in [3.05, 3.63) is 0 Å². The van der Waals surface area contributed by atoms with Gasteiger partial charge in [-0.1, -0.05) is 0 Å². The molecule has 0 aromatic rings. The summed E-state index contributed by atoms with van der Waals surface area (Å²) in [6, 6.07) is 0. The van der Waals surface area contributed by atoms with E-state index in [0.717, 1.165) is 26.1 Å². The average Bonchev–Trinajstić information content (AvgIpc) is 2.08. The van der Waals surface area contributed by atoms with E-state index in [9.17, 15) is 0 Å². The van der Waals surface area contributed by atoms with E-state index in [4.69, 9.17) is 9.78 Å². The molecular formula is C7H13NO2. The fourth-order valence-corrected chi connectivity index (χ4v) is 1.52. The van der Waals surface area contributed by atoms with Crippen LogP contribution in [-0.4, -0.2) is 25.3 Å². The summed E-state index contributed by atoms with van der Waals surface area (Å²) < 4.78 is 0. The van der Waals surface area contributed by atoms with Crippen LogP contribution in [-0.2, 0) is 9.78 Å². The Bertz CT molecular complexity index is 113. The number of nitrogens with one attached hydrogen (secondary N) is 1. The van der Waals surface area contributed by atoms with Crippen molar-refractivity contribution in [2.45, 2.75) is 24.9 Å². The van der Waals surface area contributed by atoms with E-state index in [1.807, 2.05) is 0 Å². The van der Waals surface area contributed by atoms with Gasteiger partial charge in [-0.15, -0.1) is 0 Å². The molecule has 0 saturated carbocycles. The van der Waals surface area contributed by atoms with E-state index >= 15 is 0 Å². The van der Waals surface area contributed by atoms with Crippen LogP contribution >= 0.6 is 0 Å². The Hall–Kier alpha value is -0.120. The Morgan fingerprint density at radius 3 is 2.90 bits per heavy atom. The predicted octanol–water partition coefficient (Wildman–Crippen LogP) is 0.460. The molecule has 2 aliphatic rings. The second-order valence-corrected chi connectivity index (χ2v) is 3.16. The van der Waals surface area contributed by atoms with Crippen LogP contribution in [0, 0.1) is 0 Å². The van der Waals surface area contributed by atoms with Gasteiger partial charge in [0.1, 0.15) is 12.2 Å². The van der Waals surface area contributed by atoms with Crippen LogP contribution in [0.5, 0.6) is 0 Å². The van der Waals surface area contributed by atoms with Gasteiger partial charge in [-0.2, -0.15) is 0 Å². The summed E-state index contributed by atoms with van der Waals surface area (Å²) in [5.74, 6) is 0. The molecule has 1 unspecified atom stereocenters. The van der Waals surface area contributed by atoms with Crippen LogP contribution in [0.4, 0.5) is 0 Å². The highest BCUT2D eigenvalue weighted by Gasteiger charge is 2.41. The monoisotopic (exact) mass is 143 g/mol. The highest BCUT2D eigenvalue weighted by Crippen LogP contribution is 2.28. The third-order valence-corrected chi connectivity index (χ3v) is 2.24. The van der Waals surface area contributed by atoms with Gasteiger partial charge in [-0.3, -0.25) is 0 Å². The molecule has 10 heavy (non-hydrogen) atoms. The summed E-state index contributed by atoms with van der Waals surface area (Å²) >= 11 is 0. The molecule has 0 radical (unpaired) electrons. The molecule has 2 heterocycles. The van der Waals surface area contributed by atoms with Crippen molar-refractivity contribution in [2.75, 3.05) is 19.7 Å². The fourth-order valence-electron chi connectivity index (χ4n) is 1.52. The summed E-state index contributed by atoms with van der Waals surface area (Å²) in [5, 5.41) is 3.34. The van der Waals surface area contributed by atoms with E-state index in [0.29, 0.717) is 0 Å². The topological polar surface area (TPSA) is 30.5 Å². The first kappa shape index (κ1) is 6.58. The molecule has 0 aliphatic carbocycles. The molecular weight excluding hydrogens is 130 g/mol. The van der Waals surface area contributed by atoms with Crippen molar-refractivity contribution in [2.24, 2.45) is 0 Å².